The lowest BCUT2D eigenvalue weighted by Crippen LogP contribution is -2.41. The van der Waals surface area contributed by atoms with Crippen LogP contribution < -0.4 is 5.32 Å². The van der Waals surface area contributed by atoms with Gasteiger partial charge in [0.05, 0.1) is 18.2 Å². The fraction of sp³-hybridized carbons (Fsp3) is 0.808. The number of nitrogens with zero attached hydrogens (tertiary/aromatic N) is 1. The minimum Gasteiger partial charge on any atom is -0.392 e. The molecule has 2 aliphatic carbocycles. The van der Waals surface area contributed by atoms with E-state index < -0.39 is 5.60 Å². The molecule has 0 unspecified atom stereocenters. The molecule has 0 radical (unpaired) electrons. The van der Waals surface area contributed by atoms with Crippen molar-refractivity contribution in [1.29, 1.82) is 0 Å². The maximum Gasteiger partial charge on any atom is 0.236 e. The molecule has 0 aromatic carbocycles. The van der Waals surface area contributed by atoms with Crippen LogP contribution in [-0.2, 0) is 4.79 Å². The molecule has 31 heavy (non-hydrogen) atoms. The molecule has 2 fully saturated rings. The van der Waals surface area contributed by atoms with Crippen molar-refractivity contribution < 1.29 is 15.0 Å². The number of carbonyl (C=O) groups is 1. The molecule has 0 aromatic heterocycles. The monoisotopic (exact) mass is 432 g/mol. The lowest BCUT2D eigenvalue weighted by Gasteiger charge is -2.26. The van der Waals surface area contributed by atoms with Gasteiger partial charge in [-0.25, -0.2) is 0 Å². The van der Waals surface area contributed by atoms with Crippen LogP contribution in [0.5, 0.6) is 0 Å². The number of hydrogen-bond acceptors (Lipinski definition) is 4. The maximum atomic E-state index is 12.3. The fourth-order valence-electron chi connectivity index (χ4n) is 5.63. The maximum absolute atomic E-state index is 12.3. The number of likely N-dealkylation sites (tertiary alicyclic amines) is 1. The standard InChI is InChI=1S/C26H44N2O3/c1-3-4-11-26(2,31)12-8-9-22-23-17-20(16-21(23)18-24(22)29)10-13-27-19-25(30)28-14-6-5-7-15-28/h8-9,16,21-24,27,29,31H,3-7,10-15,17-19H2,1-2H3/b9-8+/t21-,22+,23-,24+,26-/m0/s1. The third-order valence-electron chi connectivity index (χ3n) is 7.54. The number of aliphatic hydroxyl groups excluding tert-OH is 1. The molecule has 3 aliphatic rings. The van der Waals surface area contributed by atoms with Gasteiger partial charge in [0, 0.05) is 19.0 Å². The molecule has 5 nitrogen and oxygen atoms in total. The van der Waals surface area contributed by atoms with E-state index in [1.165, 1.54) is 12.0 Å². The average molecular weight is 433 g/mol. The van der Waals surface area contributed by atoms with Crippen molar-refractivity contribution in [2.45, 2.75) is 89.8 Å². The Morgan fingerprint density at radius 1 is 1.32 bits per heavy atom. The Kier molecular flexibility index (Phi) is 9.18. The fourth-order valence-corrected chi connectivity index (χ4v) is 5.63. The Morgan fingerprint density at radius 3 is 2.84 bits per heavy atom. The first-order valence-corrected chi connectivity index (χ1v) is 12.6. The number of allylic oxidation sites excluding steroid dienone is 1. The first-order chi connectivity index (χ1) is 14.9. The van der Waals surface area contributed by atoms with Crippen LogP contribution in [0.15, 0.2) is 23.8 Å². The summed E-state index contributed by atoms with van der Waals surface area (Å²) in [6, 6.07) is 0. The second-order valence-corrected chi connectivity index (χ2v) is 10.3. The summed E-state index contributed by atoms with van der Waals surface area (Å²) >= 11 is 0. The zero-order valence-corrected chi connectivity index (χ0v) is 19.7. The third-order valence-corrected chi connectivity index (χ3v) is 7.54. The minimum absolute atomic E-state index is 0.189. The molecule has 176 valence electrons. The van der Waals surface area contributed by atoms with E-state index >= 15 is 0 Å². The van der Waals surface area contributed by atoms with Crippen LogP contribution in [0, 0.1) is 17.8 Å². The molecular weight excluding hydrogens is 388 g/mol. The van der Waals surface area contributed by atoms with Gasteiger partial charge in [-0.2, -0.15) is 0 Å². The van der Waals surface area contributed by atoms with Crippen LogP contribution >= 0.6 is 0 Å². The van der Waals surface area contributed by atoms with Crippen LogP contribution in [-0.4, -0.2) is 58.9 Å². The molecule has 5 atom stereocenters. The van der Waals surface area contributed by atoms with E-state index in [1.807, 2.05) is 11.8 Å². The van der Waals surface area contributed by atoms with Crippen molar-refractivity contribution >= 4 is 5.91 Å². The predicted molar refractivity (Wildman–Crippen MR) is 126 cm³/mol. The first-order valence-electron chi connectivity index (χ1n) is 12.6. The van der Waals surface area contributed by atoms with Gasteiger partial charge < -0.3 is 20.4 Å². The Labute approximate surface area is 189 Å². The van der Waals surface area contributed by atoms with E-state index in [1.54, 1.807) is 0 Å². The van der Waals surface area contributed by atoms with Crippen LogP contribution in [0.2, 0.25) is 0 Å². The molecule has 3 N–H and O–H groups in total. The summed E-state index contributed by atoms with van der Waals surface area (Å²) in [6.07, 6.45) is 16.4. The van der Waals surface area contributed by atoms with E-state index in [9.17, 15) is 15.0 Å². The Morgan fingerprint density at radius 2 is 2.10 bits per heavy atom. The number of piperidine rings is 1. The summed E-state index contributed by atoms with van der Waals surface area (Å²) in [4.78, 5) is 14.3. The van der Waals surface area contributed by atoms with Gasteiger partial charge in [-0.3, -0.25) is 4.79 Å². The smallest absolute Gasteiger partial charge is 0.236 e. The second-order valence-electron chi connectivity index (χ2n) is 10.3. The van der Waals surface area contributed by atoms with Crippen molar-refractivity contribution in [3.63, 3.8) is 0 Å². The zero-order chi connectivity index (χ0) is 22.3. The molecule has 5 heteroatoms. The Balaban J connectivity index is 1.39. The van der Waals surface area contributed by atoms with Crippen molar-refractivity contribution in [1.82, 2.24) is 10.2 Å². The lowest BCUT2D eigenvalue weighted by molar-refractivity contribution is -0.131. The number of carbonyl (C=O) groups excluding carboxylic acids is 1. The zero-order valence-electron chi connectivity index (χ0n) is 19.7. The topological polar surface area (TPSA) is 72.8 Å². The number of aliphatic hydroxyl groups is 2. The summed E-state index contributed by atoms with van der Waals surface area (Å²) in [6.45, 7) is 7.18. The summed E-state index contributed by atoms with van der Waals surface area (Å²) < 4.78 is 0. The van der Waals surface area contributed by atoms with Crippen molar-refractivity contribution in [3.8, 4) is 0 Å². The van der Waals surface area contributed by atoms with Gasteiger partial charge in [0.2, 0.25) is 5.91 Å². The van der Waals surface area contributed by atoms with Gasteiger partial charge in [-0.1, -0.05) is 43.6 Å². The minimum atomic E-state index is -0.647. The van der Waals surface area contributed by atoms with E-state index in [2.05, 4.69) is 30.5 Å². The molecular formula is C26H44N2O3. The molecule has 1 heterocycles. The van der Waals surface area contributed by atoms with Crippen molar-refractivity contribution in [2.24, 2.45) is 17.8 Å². The Hall–Kier alpha value is -1.17. The molecule has 1 saturated carbocycles. The highest BCUT2D eigenvalue weighted by molar-refractivity contribution is 5.78. The van der Waals surface area contributed by atoms with E-state index in [0.29, 0.717) is 24.8 Å². The van der Waals surface area contributed by atoms with Crippen molar-refractivity contribution in [2.75, 3.05) is 26.2 Å². The lowest BCUT2D eigenvalue weighted by atomic mass is 9.88. The highest BCUT2D eigenvalue weighted by Gasteiger charge is 2.43. The predicted octanol–water partition coefficient (Wildman–Crippen LogP) is 3.81. The van der Waals surface area contributed by atoms with Crippen LogP contribution in [0.1, 0.15) is 78.1 Å². The van der Waals surface area contributed by atoms with Gasteiger partial charge in [0.15, 0.2) is 0 Å². The molecule has 0 bridgehead atoms. The highest BCUT2D eigenvalue weighted by Crippen LogP contribution is 2.48. The Bertz CT molecular complexity index is 637. The van der Waals surface area contributed by atoms with Gasteiger partial charge in [-0.05, 0) is 76.7 Å². The summed E-state index contributed by atoms with van der Waals surface area (Å²) in [5.41, 5.74) is 0.819. The number of hydrogen-bond donors (Lipinski definition) is 3. The van der Waals surface area contributed by atoms with Crippen molar-refractivity contribution in [3.05, 3.63) is 23.8 Å². The quantitative estimate of drug-likeness (QED) is 0.343. The molecule has 0 aromatic rings. The number of unbranched alkanes of at least 4 members (excludes halogenated alkanes) is 1. The van der Waals surface area contributed by atoms with E-state index in [4.69, 9.17) is 0 Å². The summed E-state index contributed by atoms with van der Waals surface area (Å²) in [5.74, 6) is 1.38. The third kappa shape index (κ3) is 7.16. The summed E-state index contributed by atoms with van der Waals surface area (Å²) in [7, 11) is 0. The van der Waals surface area contributed by atoms with E-state index in [0.717, 1.165) is 71.0 Å². The number of amides is 1. The van der Waals surface area contributed by atoms with Crippen LogP contribution in [0.4, 0.5) is 0 Å². The average Bonchev–Trinajstić information content (AvgIpc) is 3.27. The molecule has 0 spiro atoms. The SMILES string of the molecule is CCCC[C@](C)(O)C/C=C/[C@@H]1[C@H]2CC(CCNCC(=O)N3CCCCC3)=C[C@H]2C[C@H]1O. The number of nitrogens with one attached hydrogen (secondary N) is 1. The normalized spacial score (nSPS) is 30.5. The van der Waals surface area contributed by atoms with Crippen LogP contribution in [0.25, 0.3) is 0 Å². The van der Waals surface area contributed by atoms with Gasteiger partial charge in [0.25, 0.3) is 0 Å². The largest absolute Gasteiger partial charge is 0.392 e. The molecule has 1 aliphatic heterocycles. The second kappa shape index (κ2) is 11.6. The van der Waals surface area contributed by atoms with Crippen LogP contribution in [0.3, 0.4) is 0 Å². The van der Waals surface area contributed by atoms with E-state index in [-0.39, 0.29) is 17.9 Å². The number of rotatable bonds is 11. The van der Waals surface area contributed by atoms with Gasteiger partial charge >= 0.3 is 0 Å². The molecule has 1 amide bonds. The molecule has 3 rings (SSSR count). The van der Waals surface area contributed by atoms with Gasteiger partial charge in [0.1, 0.15) is 0 Å². The highest BCUT2D eigenvalue weighted by atomic mass is 16.3. The van der Waals surface area contributed by atoms with Gasteiger partial charge in [-0.15, -0.1) is 0 Å². The molecule has 1 saturated heterocycles. The summed E-state index contributed by atoms with van der Waals surface area (Å²) in [5, 5.41) is 24.4. The number of fused-ring (bicyclic) bond motifs is 1. The first kappa shape index (κ1) is 24.5.